The van der Waals surface area contributed by atoms with Gasteiger partial charge >= 0.3 is 0 Å². The Bertz CT molecular complexity index is 653. The molecule has 112 valence electrons. The van der Waals surface area contributed by atoms with Gasteiger partial charge in [0.2, 0.25) is 0 Å². The van der Waals surface area contributed by atoms with Gasteiger partial charge in [0.1, 0.15) is 0 Å². The summed E-state index contributed by atoms with van der Waals surface area (Å²) in [4.78, 5) is 17.0. The molecule has 4 heteroatoms. The van der Waals surface area contributed by atoms with Crippen LogP contribution in [0.4, 0.5) is 0 Å². The SMILES string of the molecule is Cc1ccc(C)c(C(=O)CSc2nc(C(C)(C)C)cs2)c1. The Morgan fingerprint density at radius 1 is 1.29 bits per heavy atom. The van der Waals surface area contributed by atoms with Gasteiger partial charge in [-0.25, -0.2) is 4.98 Å². The van der Waals surface area contributed by atoms with Crippen molar-refractivity contribution >= 4 is 28.9 Å². The van der Waals surface area contributed by atoms with E-state index in [1.165, 1.54) is 11.8 Å². The van der Waals surface area contributed by atoms with Crippen molar-refractivity contribution in [3.05, 3.63) is 46.0 Å². The third-order valence-electron chi connectivity index (χ3n) is 3.27. The van der Waals surface area contributed by atoms with E-state index in [0.717, 1.165) is 26.7 Å². The van der Waals surface area contributed by atoms with Crippen LogP contribution in [0.25, 0.3) is 0 Å². The summed E-state index contributed by atoms with van der Waals surface area (Å²) >= 11 is 3.15. The molecular formula is C17H21NOS2. The highest BCUT2D eigenvalue weighted by molar-refractivity contribution is 8.01. The molecular weight excluding hydrogens is 298 g/mol. The number of Topliss-reactive ketones (excluding diaryl/α,β-unsaturated/α-hetero) is 1. The van der Waals surface area contributed by atoms with E-state index in [1.807, 2.05) is 32.0 Å². The van der Waals surface area contributed by atoms with Gasteiger partial charge in [-0.1, -0.05) is 50.2 Å². The second-order valence-corrected chi connectivity index (χ2v) is 8.36. The normalized spacial score (nSPS) is 11.7. The van der Waals surface area contributed by atoms with Gasteiger partial charge in [0.25, 0.3) is 0 Å². The first kappa shape index (κ1) is 16.2. The summed E-state index contributed by atoms with van der Waals surface area (Å²) in [6.45, 7) is 10.4. The van der Waals surface area contributed by atoms with E-state index in [9.17, 15) is 4.79 Å². The molecule has 0 aliphatic carbocycles. The lowest BCUT2D eigenvalue weighted by Crippen LogP contribution is -2.11. The zero-order valence-corrected chi connectivity index (χ0v) is 14.8. The third kappa shape index (κ3) is 4.17. The summed E-state index contributed by atoms with van der Waals surface area (Å²) in [7, 11) is 0. The molecule has 0 saturated carbocycles. The fourth-order valence-corrected chi connectivity index (χ4v) is 3.85. The van der Waals surface area contributed by atoms with Gasteiger partial charge in [-0.2, -0.15) is 0 Å². The standard InChI is InChI=1S/C17H21NOS2/c1-11-6-7-12(2)13(8-11)14(19)9-20-16-18-15(10-21-16)17(3,4)5/h6-8,10H,9H2,1-5H3. The molecule has 21 heavy (non-hydrogen) atoms. The van der Waals surface area contributed by atoms with Crippen LogP contribution in [-0.4, -0.2) is 16.5 Å². The molecule has 1 aromatic carbocycles. The molecule has 1 aromatic heterocycles. The van der Waals surface area contributed by atoms with Crippen LogP contribution in [0.2, 0.25) is 0 Å². The highest BCUT2D eigenvalue weighted by Gasteiger charge is 2.18. The first-order valence-corrected chi connectivity index (χ1v) is 8.83. The third-order valence-corrected chi connectivity index (χ3v) is 5.29. The van der Waals surface area contributed by atoms with Crippen molar-refractivity contribution in [2.75, 3.05) is 5.75 Å². The van der Waals surface area contributed by atoms with Crippen molar-refractivity contribution in [2.24, 2.45) is 0 Å². The van der Waals surface area contributed by atoms with Crippen molar-refractivity contribution in [3.63, 3.8) is 0 Å². The number of ketones is 1. The molecule has 0 bridgehead atoms. The largest absolute Gasteiger partial charge is 0.293 e. The zero-order chi connectivity index (χ0) is 15.6. The second kappa shape index (κ2) is 6.32. The predicted molar refractivity (Wildman–Crippen MR) is 91.8 cm³/mol. The Morgan fingerprint density at radius 2 is 2.00 bits per heavy atom. The fourth-order valence-electron chi connectivity index (χ4n) is 1.91. The molecule has 0 amide bonds. The Kier molecular flexibility index (Phi) is 4.89. The maximum atomic E-state index is 12.4. The molecule has 0 aliphatic rings. The second-order valence-electron chi connectivity index (χ2n) is 6.28. The summed E-state index contributed by atoms with van der Waals surface area (Å²) in [5, 5.41) is 2.09. The number of nitrogens with zero attached hydrogens (tertiary/aromatic N) is 1. The first-order valence-electron chi connectivity index (χ1n) is 6.96. The number of rotatable bonds is 4. The number of carbonyl (C=O) groups is 1. The predicted octanol–water partition coefficient (Wildman–Crippen LogP) is 5.03. The fraction of sp³-hybridized carbons (Fsp3) is 0.412. The molecule has 2 nitrogen and oxygen atoms in total. The number of hydrogen-bond donors (Lipinski definition) is 0. The van der Waals surface area contributed by atoms with Gasteiger partial charge in [0, 0.05) is 16.4 Å². The van der Waals surface area contributed by atoms with Gasteiger partial charge in [-0.3, -0.25) is 4.79 Å². The van der Waals surface area contributed by atoms with Gasteiger partial charge in [-0.15, -0.1) is 11.3 Å². The topological polar surface area (TPSA) is 30.0 Å². The van der Waals surface area contributed by atoms with Crippen LogP contribution in [0.1, 0.15) is 48.0 Å². The van der Waals surface area contributed by atoms with E-state index < -0.39 is 0 Å². The molecule has 2 aromatic rings. The molecule has 0 unspecified atom stereocenters. The summed E-state index contributed by atoms with van der Waals surface area (Å²) in [6.07, 6.45) is 0. The maximum absolute atomic E-state index is 12.4. The zero-order valence-electron chi connectivity index (χ0n) is 13.2. The molecule has 2 rings (SSSR count). The molecule has 0 atom stereocenters. The summed E-state index contributed by atoms with van der Waals surface area (Å²) in [6, 6.07) is 6.02. The lowest BCUT2D eigenvalue weighted by molar-refractivity contribution is 0.102. The molecule has 0 spiro atoms. The van der Waals surface area contributed by atoms with E-state index in [4.69, 9.17) is 0 Å². The van der Waals surface area contributed by atoms with Crippen molar-refractivity contribution in [1.29, 1.82) is 0 Å². The minimum atomic E-state index is 0.0620. The van der Waals surface area contributed by atoms with Gasteiger partial charge in [-0.05, 0) is 25.5 Å². The van der Waals surface area contributed by atoms with Crippen molar-refractivity contribution in [1.82, 2.24) is 4.98 Å². The molecule has 0 fully saturated rings. The highest BCUT2D eigenvalue weighted by atomic mass is 32.2. The smallest absolute Gasteiger partial charge is 0.173 e. The minimum Gasteiger partial charge on any atom is -0.293 e. The van der Waals surface area contributed by atoms with Crippen LogP contribution in [0.15, 0.2) is 27.9 Å². The lowest BCUT2D eigenvalue weighted by Gasteiger charge is -2.14. The van der Waals surface area contributed by atoms with Crippen molar-refractivity contribution < 1.29 is 4.79 Å². The minimum absolute atomic E-state index is 0.0620. The first-order chi connectivity index (χ1) is 9.77. The van der Waals surface area contributed by atoms with Crippen LogP contribution < -0.4 is 0 Å². The van der Waals surface area contributed by atoms with Crippen LogP contribution >= 0.6 is 23.1 Å². The van der Waals surface area contributed by atoms with Crippen molar-refractivity contribution in [3.8, 4) is 0 Å². The van der Waals surface area contributed by atoms with Crippen LogP contribution in [0, 0.1) is 13.8 Å². The summed E-state index contributed by atoms with van der Waals surface area (Å²) in [5.74, 6) is 0.621. The molecule has 0 saturated heterocycles. The number of thioether (sulfide) groups is 1. The highest BCUT2D eigenvalue weighted by Crippen LogP contribution is 2.29. The quantitative estimate of drug-likeness (QED) is 0.584. The van der Waals surface area contributed by atoms with E-state index in [0.29, 0.717) is 5.75 Å². The number of aryl methyl sites for hydroxylation is 2. The molecule has 1 heterocycles. The Labute approximate surface area is 135 Å². The van der Waals surface area contributed by atoms with Gasteiger partial charge in [0.15, 0.2) is 10.1 Å². The molecule has 0 aliphatic heterocycles. The monoisotopic (exact) mass is 319 g/mol. The van der Waals surface area contributed by atoms with E-state index in [-0.39, 0.29) is 11.2 Å². The number of carbonyl (C=O) groups excluding carboxylic acids is 1. The van der Waals surface area contributed by atoms with E-state index >= 15 is 0 Å². The molecule has 0 N–H and O–H groups in total. The Balaban J connectivity index is 2.04. The van der Waals surface area contributed by atoms with Gasteiger partial charge in [0.05, 0.1) is 11.4 Å². The molecule has 0 radical (unpaired) electrons. The summed E-state index contributed by atoms with van der Waals surface area (Å²) < 4.78 is 0.971. The lowest BCUT2D eigenvalue weighted by atomic mass is 9.93. The van der Waals surface area contributed by atoms with Crippen LogP contribution in [0.3, 0.4) is 0 Å². The number of aromatic nitrogens is 1. The Hall–Kier alpha value is -1.13. The van der Waals surface area contributed by atoms with Crippen LogP contribution in [0.5, 0.6) is 0 Å². The van der Waals surface area contributed by atoms with E-state index in [1.54, 1.807) is 11.3 Å². The average Bonchev–Trinajstić information content (AvgIpc) is 2.87. The van der Waals surface area contributed by atoms with Crippen molar-refractivity contribution in [2.45, 2.75) is 44.4 Å². The Morgan fingerprint density at radius 3 is 2.62 bits per heavy atom. The average molecular weight is 319 g/mol. The van der Waals surface area contributed by atoms with Crippen LogP contribution in [-0.2, 0) is 5.41 Å². The van der Waals surface area contributed by atoms with E-state index in [2.05, 4.69) is 31.1 Å². The van der Waals surface area contributed by atoms with Gasteiger partial charge < -0.3 is 0 Å². The maximum Gasteiger partial charge on any atom is 0.173 e. The number of hydrogen-bond acceptors (Lipinski definition) is 4. The number of thiazole rings is 1. The summed E-state index contributed by atoms with van der Waals surface area (Å²) in [5.41, 5.74) is 4.15. The number of benzene rings is 1.